The fraction of sp³-hybridized carbons (Fsp3) is 0.600. The first-order valence-electron chi connectivity index (χ1n) is 7.05. The van der Waals surface area contributed by atoms with Crippen LogP contribution >= 0.6 is 0 Å². The Bertz CT molecular complexity index is 543. The molecule has 0 aliphatic heterocycles. The van der Waals surface area contributed by atoms with Crippen LogP contribution in [0, 0.1) is 5.92 Å². The Balaban J connectivity index is 1.94. The van der Waals surface area contributed by atoms with Gasteiger partial charge in [0, 0.05) is 18.5 Å². The molecule has 2 N–H and O–H groups in total. The van der Waals surface area contributed by atoms with Crippen molar-refractivity contribution in [1.82, 2.24) is 0 Å². The molecule has 0 spiro atoms. The number of rotatable bonds is 4. The Morgan fingerprint density at radius 2 is 1.80 bits per heavy atom. The van der Waals surface area contributed by atoms with Crippen molar-refractivity contribution in [3.05, 3.63) is 24.3 Å². The molecule has 5 heteroatoms. The Labute approximate surface area is 121 Å². The van der Waals surface area contributed by atoms with Gasteiger partial charge in [-0.1, -0.05) is 6.92 Å². The highest BCUT2D eigenvalue weighted by atomic mass is 32.2. The van der Waals surface area contributed by atoms with E-state index in [1.165, 1.54) is 6.26 Å². The smallest absolute Gasteiger partial charge is 0.175 e. The van der Waals surface area contributed by atoms with Crippen LogP contribution in [0.25, 0.3) is 0 Å². The molecule has 0 bridgehead atoms. The van der Waals surface area contributed by atoms with Gasteiger partial charge < -0.3 is 10.4 Å². The number of nitrogens with one attached hydrogen (secondary N) is 1. The van der Waals surface area contributed by atoms with Gasteiger partial charge in [0.1, 0.15) is 0 Å². The summed E-state index contributed by atoms with van der Waals surface area (Å²) in [6.07, 6.45) is 4.96. The largest absolute Gasteiger partial charge is 0.388 e. The molecule has 0 atom stereocenters. The molecule has 0 aromatic heterocycles. The quantitative estimate of drug-likeness (QED) is 0.896. The summed E-state index contributed by atoms with van der Waals surface area (Å²) >= 11 is 0. The topological polar surface area (TPSA) is 66.4 Å². The summed E-state index contributed by atoms with van der Waals surface area (Å²) in [5.41, 5.74) is 0.201. The van der Waals surface area contributed by atoms with Gasteiger partial charge in [0.25, 0.3) is 0 Å². The van der Waals surface area contributed by atoms with Crippen LogP contribution < -0.4 is 5.32 Å². The van der Waals surface area contributed by atoms with Gasteiger partial charge in [-0.15, -0.1) is 0 Å². The molecule has 112 valence electrons. The van der Waals surface area contributed by atoms with Gasteiger partial charge >= 0.3 is 0 Å². The van der Waals surface area contributed by atoms with E-state index in [-0.39, 0.29) is 0 Å². The van der Waals surface area contributed by atoms with Crippen LogP contribution in [0.3, 0.4) is 0 Å². The van der Waals surface area contributed by atoms with Crippen LogP contribution in [0.1, 0.15) is 32.6 Å². The number of benzene rings is 1. The lowest BCUT2D eigenvalue weighted by molar-refractivity contribution is 0.00501. The molecule has 1 saturated carbocycles. The lowest BCUT2D eigenvalue weighted by Crippen LogP contribution is -2.40. The molecule has 0 heterocycles. The van der Waals surface area contributed by atoms with Crippen LogP contribution in [-0.4, -0.2) is 31.9 Å². The maximum Gasteiger partial charge on any atom is 0.175 e. The van der Waals surface area contributed by atoms with Crippen molar-refractivity contribution in [3.63, 3.8) is 0 Å². The van der Waals surface area contributed by atoms with Crippen LogP contribution in [0.4, 0.5) is 5.69 Å². The summed E-state index contributed by atoms with van der Waals surface area (Å²) in [5, 5.41) is 13.7. The van der Waals surface area contributed by atoms with Crippen LogP contribution in [0.15, 0.2) is 29.2 Å². The van der Waals surface area contributed by atoms with E-state index in [2.05, 4.69) is 12.2 Å². The average Bonchev–Trinajstić information content (AvgIpc) is 2.40. The lowest BCUT2D eigenvalue weighted by Gasteiger charge is -2.35. The predicted octanol–water partition coefficient (Wildman–Crippen LogP) is 2.44. The van der Waals surface area contributed by atoms with Gasteiger partial charge in [-0.25, -0.2) is 8.42 Å². The average molecular weight is 297 g/mol. The number of hydrogen-bond acceptors (Lipinski definition) is 4. The van der Waals surface area contributed by atoms with Crippen LogP contribution in [0.2, 0.25) is 0 Å². The lowest BCUT2D eigenvalue weighted by atomic mass is 9.79. The van der Waals surface area contributed by atoms with E-state index in [0.717, 1.165) is 31.4 Å². The minimum atomic E-state index is -3.15. The maximum atomic E-state index is 11.4. The third-order valence-corrected chi connectivity index (χ3v) is 5.24. The Morgan fingerprint density at radius 3 is 2.30 bits per heavy atom. The van der Waals surface area contributed by atoms with Gasteiger partial charge in [0.15, 0.2) is 9.84 Å². The molecule has 4 nitrogen and oxygen atoms in total. The van der Waals surface area contributed by atoms with E-state index >= 15 is 0 Å². The van der Waals surface area contributed by atoms with E-state index < -0.39 is 15.4 Å². The number of aliphatic hydroxyl groups is 1. The molecule has 2 rings (SSSR count). The van der Waals surface area contributed by atoms with E-state index in [1.54, 1.807) is 24.3 Å². The minimum Gasteiger partial charge on any atom is -0.388 e. The molecule has 1 aromatic rings. The highest BCUT2D eigenvalue weighted by Gasteiger charge is 2.31. The normalized spacial score (nSPS) is 27.2. The third-order valence-electron chi connectivity index (χ3n) is 4.11. The first kappa shape index (κ1) is 15.3. The predicted molar refractivity (Wildman–Crippen MR) is 80.6 cm³/mol. The zero-order valence-electron chi connectivity index (χ0n) is 12.1. The maximum absolute atomic E-state index is 11.4. The molecule has 1 aromatic carbocycles. The van der Waals surface area contributed by atoms with Crippen molar-refractivity contribution in [2.24, 2.45) is 5.92 Å². The molecule has 0 saturated heterocycles. The van der Waals surface area contributed by atoms with Crippen molar-refractivity contribution in [2.45, 2.75) is 43.1 Å². The molecular weight excluding hydrogens is 274 g/mol. The second kappa shape index (κ2) is 5.74. The van der Waals surface area contributed by atoms with E-state index in [1.807, 2.05) is 0 Å². The molecule has 1 fully saturated rings. The Morgan fingerprint density at radius 1 is 1.25 bits per heavy atom. The van der Waals surface area contributed by atoms with Crippen molar-refractivity contribution in [3.8, 4) is 0 Å². The van der Waals surface area contributed by atoms with Crippen molar-refractivity contribution in [1.29, 1.82) is 0 Å². The summed E-state index contributed by atoms with van der Waals surface area (Å²) in [5.74, 6) is 0.698. The van der Waals surface area contributed by atoms with Crippen LogP contribution in [0.5, 0.6) is 0 Å². The zero-order chi connectivity index (χ0) is 14.8. The summed E-state index contributed by atoms with van der Waals surface area (Å²) in [4.78, 5) is 0.313. The second-order valence-electron chi connectivity index (χ2n) is 6.06. The molecule has 0 radical (unpaired) electrons. The molecule has 0 unspecified atom stereocenters. The fourth-order valence-corrected chi connectivity index (χ4v) is 3.19. The molecule has 1 aliphatic carbocycles. The number of hydrogen-bond donors (Lipinski definition) is 2. The standard InChI is InChI=1S/C15H23NO3S/c1-12-7-9-15(17,10-8-12)11-16-13-3-5-14(6-4-13)20(2,18)19/h3-6,12,16-17H,7-11H2,1-2H3. The van der Waals surface area contributed by atoms with Gasteiger partial charge in [-0.2, -0.15) is 0 Å². The monoisotopic (exact) mass is 297 g/mol. The second-order valence-corrected chi connectivity index (χ2v) is 8.07. The van der Waals surface area contributed by atoms with Crippen LogP contribution in [-0.2, 0) is 9.84 Å². The third kappa shape index (κ3) is 3.96. The fourth-order valence-electron chi connectivity index (χ4n) is 2.56. The number of anilines is 1. The van der Waals surface area contributed by atoms with Gasteiger partial charge in [-0.05, 0) is 55.9 Å². The van der Waals surface area contributed by atoms with E-state index in [9.17, 15) is 13.5 Å². The first-order chi connectivity index (χ1) is 9.28. The Hall–Kier alpha value is -1.07. The first-order valence-corrected chi connectivity index (χ1v) is 8.94. The van der Waals surface area contributed by atoms with Gasteiger partial charge in [0.2, 0.25) is 0 Å². The molecular formula is C15H23NO3S. The van der Waals surface area contributed by atoms with Gasteiger partial charge in [-0.3, -0.25) is 0 Å². The minimum absolute atomic E-state index is 0.313. The zero-order valence-corrected chi connectivity index (χ0v) is 12.9. The number of sulfone groups is 1. The molecule has 20 heavy (non-hydrogen) atoms. The summed E-state index contributed by atoms with van der Waals surface area (Å²) < 4.78 is 22.7. The summed E-state index contributed by atoms with van der Waals surface area (Å²) in [6.45, 7) is 2.73. The van der Waals surface area contributed by atoms with Crippen molar-refractivity contribution >= 4 is 15.5 Å². The summed E-state index contributed by atoms with van der Waals surface area (Å²) in [6, 6.07) is 6.66. The van der Waals surface area contributed by atoms with Gasteiger partial charge in [0.05, 0.1) is 10.5 Å². The highest BCUT2D eigenvalue weighted by Crippen LogP contribution is 2.32. The van der Waals surface area contributed by atoms with E-state index in [4.69, 9.17) is 0 Å². The molecule has 1 aliphatic rings. The van der Waals surface area contributed by atoms with Crippen molar-refractivity contribution in [2.75, 3.05) is 18.1 Å². The summed E-state index contributed by atoms with van der Waals surface area (Å²) in [7, 11) is -3.15. The van der Waals surface area contributed by atoms with E-state index in [0.29, 0.717) is 17.4 Å². The SMILES string of the molecule is CC1CCC(O)(CNc2ccc(S(C)(=O)=O)cc2)CC1. The highest BCUT2D eigenvalue weighted by molar-refractivity contribution is 7.90. The molecule has 0 amide bonds. The Kier molecular flexibility index (Phi) is 4.39. The van der Waals surface area contributed by atoms with Crippen molar-refractivity contribution < 1.29 is 13.5 Å².